The van der Waals surface area contributed by atoms with E-state index in [0.717, 1.165) is 22.9 Å². The number of thiophene rings is 1. The molecule has 1 saturated heterocycles. The zero-order valence-corrected chi connectivity index (χ0v) is 17.3. The highest BCUT2D eigenvalue weighted by molar-refractivity contribution is 9.10. The number of aromatic nitrogens is 4. The highest BCUT2D eigenvalue weighted by atomic mass is 79.9. The van der Waals surface area contributed by atoms with Crippen LogP contribution in [0.1, 0.15) is 18.4 Å². The fourth-order valence-electron chi connectivity index (χ4n) is 3.66. The van der Waals surface area contributed by atoms with Gasteiger partial charge in [-0.15, -0.1) is 16.4 Å². The summed E-state index contributed by atoms with van der Waals surface area (Å²) in [6, 6.07) is 9.55. The molecule has 1 aliphatic rings. The quantitative estimate of drug-likeness (QED) is 0.469. The lowest BCUT2D eigenvalue weighted by molar-refractivity contribution is 0.0969. The summed E-state index contributed by atoms with van der Waals surface area (Å²) < 4.78 is 11.8. The molecule has 0 radical (unpaired) electrons. The largest absolute Gasteiger partial charge is 0.376 e. The summed E-state index contributed by atoms with van der Waals surface area (Å²) in [5, 5.41) is 6.36. The van der Waals surface area contributed by atoms with Crippen molar-refractivity contribution in [3.05, 3.63) is 66.6 Å². The predicted molar refractivity (Wildman–Crippen MR) is 111 cm³/mol. The van der Waals surface area contributed by atoms with E-state index in [0.29, 0.717) is 35.7 Å². The number of ether oxygens (including phenoxy) is 1. The molecule has 0 amide bonds. The van der Waals surface area contributed by atoms with Gasteiger partial charge in [0.1, 0.15) is 4.70 Å². The Balaban J connectivity index is 1.69. The first-order valence-electron chi connectivity index (χ1n) is 9.07. The van der Waals surface area contributed by atoms with Crippen molar-refractivity contribution in [2.75, 3.05) is 6.61 Å². The maximum Gasteiger partial charge on any atom is 0.352 e. The second-order valence-corrected chi connectivity index (χ2v) is 8.72. The normalized spacial score (nSPS) is 17.1. The Morgan fingerprint density at radius 3 is 2.79 bits per heavy atom. The highest BCUT2D eigenvalue weighted by Gasteiger charge is 2.22. The van der Waals surface area contributed by atoms with Crippen molar-refractivity contribution >= 4 is 43.3 Å². The van der Waals surface area contributed by atoms with Crippen LogP contribution in [0.25, 0.3) is 16.0 Å². The third kappa shape index (κ3) is 2.94. The summed E-state index contributed by atoms with van der Waals surface area (Å²) in [4.78, 5) is 26.2. The molecule has 0 saturated carbocycles. The van der Waals surface area contributed by atoms with Crippen LogP contribution < -0.4 is 11.2 Å². The molecule has 1 aliphatic heterocycles. The Hall–Kier alpha value is -2.23. The Kier molecular flexibility index (Phi) is 4.45. The molecule has 1 fully saturated rings. The Morgan fingerprint density at radius 2 is 2.04 bits per heavy atom. The van der Waals surface area contributed by atoms with Crippen LogP contribution in [0, 0.1) is 0 Å². The van der Waals surface area contributed by atoms with Gasteiger partial charge in [0.2, 0.25) is 5.78 Å². The second-order valence-electron chi connectivity index (χ2n) is 6.89. The van der Waals surface area contributed by atoms with Gasteiger partial charge in [-0.2, -0.15) is 0 Å². The third-order valence-corrected chi connectivity index (χ3v) is 6.46. The zero-order valence-electron chi connectivity index (χ0n) is 14.9. The van der Waals surface area contributed by atoms with E-state index in [2.05, 4.69) is 21.0 Å². The zero-order chi connectivity index (χ0) is 19.3. The second kappa shape index (κ2) is 6.98. The number of halogens is 1. The van der Waals surface area contributed by atoms with Crippen molar-refractivity contribution in [2.45, 2.75) is 32.0 Å². The predicted octanol–water partition coefficient (Wildman–Crippen LogP) is 2.86. The van der Waals surface area contributed by atoms with Crippen LogP contribution in [-0.4, -0.2) is 31.5 Å². The molecule has 0 aliphatic carbocycles. The van der Waals surface area contributed by atoms with Crippen LogP contribution in [0.5, 0.6) is 0 Å². The summed E-state index contributed by atoms with van der Waals surface area (Å²) >= 11 is 4.77. The summed E-state index contributed by atoms with van der Waals surface area (Å²) in [6.07, 6.45) is 1.87. The lowest BCUT2D eigenvalue weighted by atomic mass is 10.2. The van der Waals surface area contributed by atoms with Gasteiger partial charge in [-0.3, -0.25) is 9.36 Å². The average molecular weight is 461 g/mol. The Morgan fingerprint density at radius 1 is 1.21 bits per heavy atom. The molecular formula is C19H17BrN4O3S. The van der Waals surface area contributed by atoms with Crippen molar-refractivity contribution in [3.8, 4) is 0 Å². The minimum atomic E-state index is -0.248. The van der Waals surface area contributed by atoms with E-state index in [4.69, 9.17) is 4.74 Å². The molecule has 0 spiro atoms. The van der Waals surface area contributed by atoms with Crippen LogP contribution in [0.2, 0.25) is 0 Å². The molecule has 1 unspecified atom stereocenters. The summed E-state index contributed by atoms with van der Waals surface area (Å²) in [5.74, 6) is 0.369. The standard InChI is InChI=1S/C19H17BrN4O3S/c20-13-5-3-12(4-6-13)10-23-19(26)24-15-7-9-28-16(15)17(25)22(18(24)21-23)11-14-2-1-8-27-14/h3-7,9,14H,1-2,8,10-11H2. The van der Waals surface area contributed by atoms with Crippen LogP contribution in [-0.2, 0) is 17.8 Å². The summed E-state index contributed by atoms with van der Waals surface area (Å²) in [5.41, 5.74) is 1.21. The van der Waals surface area contributed by atoms with Gasteiger partial charge in [0.25, 0.3) is 5.56 Å². The van der Waals surface area contributed by atoms with E-state index in [1.165, 1.54) is 16.0 Å². The van der Waals surface area contributed by atoms with E-state index >= 15 is 0 Å². The first kappa shape index (κ1) is 17.8. The number of hydrogen-bond donors (Lipinski definition) is 0. The van der Waals surface area contributed by atoms with Crippen molar-refractivity contribution < 1.29 is 4.74 Å². The lowest BCUT2D eigenvalue weighted by Crippen LogP contribution is -2.29. The molecule has 5 rings (SSSR count). The number of fused-ring (bicyclic) bond motifs is 3. The molecule has 0 N–H and O–H groups in total. The minimum absolute atomic E-state index is 0.0226. The molecule has 9 heteroatoms. The summed E-state index contributed by atoms with van der Waals surface area (Å²) in [7, 11) is 0. The monoisotopic (exact) mass is 460 g/mol. The smallest absolute Gasteiger partial charge is 0.352 e. The number of nitrogens with zero attached hydrogens (tertiary/aromatic N) is 4. The van der Waals surface area contributed by atoms with E-state index in [-0.39, 0.29) is 17.4 Å². The van der Waals surface area contributed by atoms with E-state index in [1.54, 1.807) is 15.0 Å². The first-order chi connectivity index (χ1) is 13.6. The number of hydrogen-bond acceptors (Lipinski definition) is 5. The van der Waals surface area contributed by atoms with Crippen molar-refractivity contribution in [1.29, 1.82) is 0 Å². The van der Waals surface area contributed by atoms with Gasteiger partial charge in [-0.25, -0.2) is 13.9 Å². The van der Waals surface area contributed by atoms with Crippen LogP contribution in [0.3, 0.4) is 0 Å². The molecular weight excluding hydrogens is 444 g/mol. The number of rotatable bonds is 4. The van der Waals surface area contributed by atoms with Gasteiger partial charge in [-0.05, 0) is 42.0 Å². The maximum atomic E-state index is 13.1. The van der Waals surface area contributed by atoms with E-state index in [1.807, 2.05) is 29.6 Å². The molecule has 3 aromatic heterocycles. The SMILES string of the molecule is O=c1c2sccc2n2c(=O)n(Cc3ccc(Br)cc3)nc2n1CC1CCCO1. The number of benzene rings is 1. The molecule has 7 nitrogen and oxygen atoms in total. The van der Waals surface area contributed by atoms with Gasteiger partial charge in [0.05, 0.1) is 24.7 Å². The van der Waals surface area contributed by atoms with E-state index in [9.17, 15) is 9.59 Å². The Bertz CT molecular complexity index is 1280. The average Bonchev–Trinajstić information content (AvgIpc) is 3.42. The van der Waals surface area contributed by atoms with Crippen molar-refractivity contribution in [1.82, 2.24) is 18.7 Å². The van der Waals surface area contributed by atoms with Crippen LogP contribution in [0.4, 0.5) is 0 Å². The van der Waals surface area contributed by atoms with Gasteiger partial charge < -0.3 is 4.74 Å². The van der Waals surface area contributed by atoms with Crippen molar-refractivity contribution in [3.63, 3.8) is 0 Å². The third-order valence-electron chi connectivity index (χ3n) is 5.04. The highest BCUT2D eigenvalue weighted by Crippen LogP contribution is 2.20. The molecule has 4 heterocycles. The molecule has 4 aromatic rings. The first-order valence-corrected chi connectivity index (χ1v) is 10.7. The van der Waals surface area contributed by atoms with Crippen LogP contribution in [0.15, 0.2) is 49.8 Å². The molecule has 1 aromatic carbocycles. The van der Waals surface area contributed by atoms with Gasteiger partial charge >= 0.3 is 5.69 Å². The Labute approximate surface area is 171 Å². The maximum absolute atomic E-state index is 13.1. The minimum Gasteiger partial charge on any atom is -0.376 e. The lowest BCUT2D eigenvalue weighted by Gasteiger charge is -2.12. The molecule has 28 heavy (non-hydrogen) atoms. The molecule has 1 atom stereocenters. The van der Waals surface area contributed by atoms with Gasteiger partial charge in [0.15, 0.2) is 0 Å². The van der Waals surface area contributed by atoms with Crippen LogP contribution >= 0.6 is 27.3 Å². The van der Waals surface area contributed by atoms with E-state index < -0.39 is 0 Å². The topological polar surface area (TPSA) is 70.5 Å². The van der Waals surface area contributed by atoms with Crippen molar-refractivity contribution in [2.24, 2.45) is 0 Å². The summed E-state index contributed by atoms with van der Waals surface area (Å²) in [6.45, 7) is 1.46. The van der Waals surface area contributed by atoms with Gasteiger partial charge in [-0.1, -0.05) is 28.1 Å². The fourth-order valence-corrected chi connectivity index (χ4v) is 4.74. The fraction of sp³-hybridized carbons (Fsp3) is 0.316. The molecule has 144 valence electrons. The molecule has 0 bridgehead atoms. The van der Waals surface area contributed by atoms with Gasteiger partial charge in [0, 0.05) is 11.1 Å².